The summed E-state index contributed by atoms with van der Waals surface area (Å²) >= 11 is 11.9. The summed E-state index contributed by atoms with van der Waals surface area (Å²) in [6.07, 6.45) is 1.76. The first-order chi connectivity index (χ1) is 12.0. The summed E-state index contributed by atoms with van der Waals surface area (Å²) in [5.74, 6) is 0.960. The first-order valence-electron chi connectivity index (χ1n) is 7.72. The fourth-order valence-corrected chi connectivity index (χ4v) is 2.77. The topological polar surface area (TPSA) is 68.5 Å². The zero-order chi connectivity index (χ0) is 17.8. The summed E-state index contributed by atoms with van der Waals surface area (Å²) in [6, 6.07) is 10.5. The first-order valence-corrected chi connectivity index (χ1v) is 8.48. The Morgan fingerprint density at radius 1 is 1.28 bits per heavy atom. The Morgan fingerprint density at radius 3 is 2.92 bits per heavy atom. The van der Waals surface area contributed by atoms with Gasteiger partial charge in [-0.25, -0.2) is 0 Å². The highest BCUT2D eigenvalue weighted by Crippen LogP contribution is 2.28. The van der Waals surface area contributed by atoms with Crippen molar-refractivity contribution in [3.05, 3.63) is 58.5 Å². The van der Waals surface area contributed by atoms with Crippen LogP contribution in [0.25, 0.3) is 5.65 Å². The number of halogens is 2. The largest absolute Gasteiger partial charge is 0.479 e. The highest BCUT2D eigenvalue weighted by molar-refractivity contribution is 6.35. The van der Waals surface area contributed by atoms with Gasteiger partial charge in [-0.2, -0.15) is 0 Å². The molecule has 0 saturated carbocycles. The number of carbonyl (C=O) groups excluding carboxylic acids is 1. The highest BCUT2D eigenvalue weighted by atomic mass is 35.5. The molecule has 3 rings (SSSR count). The van der Waals surface area contributed by atoms with Crippen molar-refractivity contribution >= 4 is 34.8 Å². The number of nitrogens with zero attached hydrogens (tertiary/aromatic N) is 3. The minimum Gasteiger partial charge on any atom is -0.479 e. The van der Waals surface area contributed by atoms with Crippen molar-refractivity contribution in [3.63, 3.8) is 0 Å². The summed E-state index contributed by atoms with van der Waals surface area (Å²) in [4.78, 5) is 12.2. The lowest BCUT2D eigenvalue weighted by Crippen LogP contribution is -2.37. The molecule has 130 valence electrons. The third-order valence-electron chi connectivity index (χ3n) is 3.60. The van der Waals surface area contributed by atoms with Crippen LogP contribution in [0, 0.1) is 0 Å². The van der Waals surface area contributed by atoms with Crippen LogP contribution in [0.4, 0.5) is 0 Å². The lowest BCUT2D eigenvalue weighted by atomic mass is 10.3. The number of nitrogens with one attached hydrogen (secondary N) is 1. The number of rotatable bonds is 6. The number of ether oxygens (including phenoxy) is 1. The molecule has 8 heteroatoms. The molecule has 0 fully saturated rings. The summed E-state index contributed by atoms with van der Waals surface area (Å²) < 4.78 is 7.47. The molecule has 0 radical (unpaired) electrons. The summed E-state index contributed by atoms with van der Waals surface area (Å²) in [5, 5.41) is 11.9. The number of amides is 1. The van der Waals surface area contributed by atoms with Gasteiger partial charge in [-0.3, -0.25) is 9.20 Å². The van der Waals surface area contributed by atoms with E-state index in [1.54, 1.807) is 25.1 Å². The maximum atomic E-state index is 12.2. The molecule has 2 heterocycles. The first kappa shape index (κ1) is 17.5. The minimum absolute atomic E-state index is 0.236. The summed E-state index contributed by atoms with van der Waals surface area (Å²) in [7, 11) is 0. The zero-order valence-electron chi connectivity index (χ0n) is 13.4. The van der Waals surface area contributed by atoms with Crippen molar-refractivity contribution in [3.8, 4) is 5.75 Å². The minimum atomic E-state index is -0.686. The Labute approximate surface area is 154 Å². The van der Waals surface area contributed by atoms with E-state index in [-0.39, 0.29) is 5.91 Å². The van der Waals surface area contributed by atoms with Crippen molar-refractivity contribution in [2.75, 3.05) is 6.54 Å². The van der Waals surface area contributed by atoms with Gasteiger partial charge in [-0.05, 0) is 37.3 Å². The maximum absolute atomic E-state index is 12.2. The molecular formula is C17H16Cl2N4O2. The monoisotopic (exact) mass is 378 g/mol. The summed E-state index contributed by atoms with van der Waals surface area (Å²) in [6.45, 7) is 2.09. The van der Waals surface area contributed by atoms with Gasteiger partial charge in [0.2, 0.25) is 0 Å². The number of fused-ring (bicyclic) bond motifs is 1. The average Bonchev–Trinajstić information content (AvgIpc) is 3.00. The molecule has 0 spiro atoms. The molecule has 1 amide bonds. The van der Waals surface area contributed by atoms with E-state index in [0.717, 1.165) is 11.5 Å². The van der Waals surface area contributed by atoms with Crippen molar-refractivity contribution in [1.29, 1.82) is 0 Å². The van der Waals surface area contributed by atoms with Gasteiger partial charge in [0.05, 0.1) is 5.02 Å². The third kappa shape index (κ3) is 4.21. The van der Waals surface area contributed by atoms with Crippen LogP contribution in [0.2, 0.25) is 10.0 Å². The second-order valence-electron chi connectivity index (χ2n) is 5.42. The van der Waals surface area contributed by atoms with Gasteiger partial charge in [0.15, 0.2) is 11.8 Å². The van der Waals surface area contributed by atoms with Crippen molar-refractivity contribution in [2.45, 2.75) is 19.4 Å². The molecular weight excluding hydrogens is 363 g/mol. The molecule has 0 bridgehead atoms. The van der Waals surface area contributed by atoms with Crippen LogP contribution in [-0.2, 0) is 11.2 Å². The van der Waals surface area contributed by atoms with Crippen LogP contribution in [0.15, 0.2) is 42.6 Å². The molecule has 0 aliphatic rings. The molecule has 1 N–H and O–H groups in total. The molecule has 6 nitrogen and oxygen atoms in total. The Morgan fingerprint density at radius 2 is 2.12 bits per heavy atom. The Bertz CT molecular complexity index is 897. The van der Waals surface area contributed by atoms with Gasteiger partial charge in [-0.1, -0.05) is 29.3 Å². The smallest absolute Gasteiger partial charge is 0.260 e. The number of carbonyl (C=O) groups is 1. The third-order valence-corrected chi connectivity index (χ3v) is 4.13. The summed E-state index contributed by atoms with van der Waals surface area (Å²) in [5.41, 5.74) is 0.776. The van der Waals surface area contributed by atoms with Crippen LogP contribution >= 0.6 is 23.2 Å². The molecule has 0 aliphatic carbocycles. The number of pyridine rings is 1. The van der Waals surface area contributed by atoms with Crippen LogP contribution in [-0.4, -0.2) is 33.2 Å². The lowest BCUT2D eigenvalue weighted by molar-refractivity contribution is -0.127. The quantitative estimate of drug-likeness (QED) is 0.715. The van der Waals surface area contributed by atoms with E-state index >= 15 is 0 Å². The molecule has 3 aromatic rings. The normalized spacial score (nSPS) is 12.1. The van der Waals surface area contributed by atoms with Gasteiger partial charge in [0.25, 0.3) is 5.91 Å². The number of benzene rings is 1. The fraction of sp³-hybridized carbons (Fsp3) is 0.235. The van der Waals surface area contributed by atoms with E-state index in [4.69, 9.17) is 27.9 Å². The van der Waals surface area contributed by atoms with Crippen LogP contribution in [0.1, 0.15) is 12.7 Å². The molecule has 0 unspecified atom stereocenters. The van der Waals surface area contributed by atoms with Crippen LogP contribution in [0.3, 0.4) is 0 Å². The SMILES string of the molecule is C[C@@H](Oc1ccc(Cl)cc1Cl)C(=O)NCCc1nnc2ccccn12. The van der Waals surface area contributed by atoms with E-state index < -0.39 is 6.10 Å². The van der Waals surface area contributed by atoms with Crippen LogP contribution in [0.5, 0.6) is 5.75 Å². The van der Waals surface area contributed by atoms with Gasteiger partial charge < -0.3 is 10.1 Å². The van der Waals surface area contributed by atoms with E-state index in [2.05, 4.69) is 15.5 Å². The Balaban J connectivity index is 1.53. The predicted molar refractivity (Wildman–Crippen MR) is 96.3 cm³/mol. The van der Waals surface area contributed by atoms with E-state index in [0.29, 0.717) is 28.8 Å². The maximum Gasteiger partial charge on any atom is 0.260 e. The van der Waals surface area contributed by atoms with Gasteiger partial charge in [0.1, 0.15) is 11.6 Å². The second kappa shape index (κ2) is 7.72. The van der Waals surface area contributed by atoms with E-state index in [1.807, 2.05) is 28.8 Å². The molecule has 25 heavy (non-hydrogen) atoms. The lowest BCUT2D eigenvalue weighted by Gasteiger charge is -2.15. The standard InChI is InChI=1S/C17H16Cl2N4O2/c1-11(25-14-6-5-12(18)10-13(14)19)17(24)20-8-7-16-22-21-15-4-2-3-9-23(15)16/h2-6,9-11H,7-8H2,1H3,(H,20,24)/t11-/m1/s1. The predicted octanol–water partition coefficient (Wildman–Crippen LogP) is 3.16. The average molecular weight is 379 g/mol. The zero-order valence-corrected chi connectivity index (χ0v) is 15.0. The Kier molecular flexibility index (Phi) is 5.40. The van der Waals surface area contributed by atoms with Gasteiger partial charge >= 0.3 is 0 Å². The molecule has 0 aliphatic heterocycles. The highest BCUT2D eigenvalue weighted by Gasteiger charge is 2.16. The second-order valence-corrected chi connectivity index (χ2v) is 6.26. The van der Waals surface area contributed by atoms with Crippen molar-refractivity contribution < 1.29 is 9.53 Å². The molecule has 2 aromatic heterocycles. The van der Waals surface area contributed by atoms with Crippen molar-refractivity contribution in [2.24, 2.45) is 0 Å². The number of hydrogen-bond donors (Lipinski definition) is 1. The Hall–Kier alpha value is -2.31. The van der Waals surface area contributed by atoms with E-state index in [9.17, 15) is 4.79 Å². The van der Waals surface area contributed by atoms with Crippen LogP contribution < -0.4 is 10.1 Å². The van der Waals surface area contributed by atoms with Gasteiger partial charge in [-0.15, -0.1) is 10.2 Å². The number of hydrogen-bond acceptors (Lipinski definition) is 4. The molecule has 1 atom stereocenters. The molecule has 1 aromatic carbocycles. The fourth-order valence-electron chi connectivity index (χ4n) is 2.32. The van der Waals surface area contributed by atoms with E-state index in [1.165, 1.54) is 0 Å². The number of aromatic nitrogens is 3. The van der Waals surface area contributed by atoms with Gasteiger partial charge in [0, 0.05) is 24.2 Å². The van der Waals surface area contributed by atoms with Crippen molar-refractivity contribution in [1.82, 2.24) is 19.9 Å². The molecule has 0 saturated heterocycles.